The summed E-state index contributed by atoms with van der Waals surface area (Å²) < 4.78 is 10.8. The summed E-state index contributed by atoms with van der Waals surface area (Å²) in [6.07, 6.45) is 0. The third-order valence-corrected chi connectivity index (χ3v) is 3.78. The van der Waals surface area contributed by atoms with Gasteiger partial charge in [0.2, 0.25) is 0 Å². The number of ether oxygens (including phenoxy) is 1. The zero-order valence-electron chi connectivity index (χ0n) is 13.1. The molecular formula is C17H13Cl2N3O3. The molecule has 0 fully saturated rings. The predicted octanol–water partition coefficient (Wildman–Crippen LogP) is 4.69. The third-order valence-electron chi connectivity index (χ3n) is 3.23. The van der Waals surface area contributed by atoms with E-state index in [0.717, 1.165) is 0 Å². The van der Waals surface area contributed by atoms with Gasteiger partial charge < -0.3 is 9.15 Å². The molecule has 0 saturated heterocycles. The SMILES string of the molecule is CCOc1ccc(C(=O)Nc2nnc(-c3ccc(Cl)cc3Cl)o2)cc1. The van der Waals surface area contributed by atoms with E-state index in [2.05, 4.69) is 15.5 Å². The molecule has 0 unspecified atom stereocenters. The van der Waals surface area contributed by atoms with E-state index >= 15 is 0 Å². The van der Waals surface area contributed by atoms with Crippen molar-refractivity contribution in [3.05, 3.63) is 58.1 Å². The number of anilines is 1. The van der Waals surface area contributed by atoms with Crippen LogP contribution in [0.1, 0.15) is 17.3 Å². The molecule has 0 aliphatic carbocycles. The molecule has 0 aliphatic rings. The molecule has 1 aromatic heterocycles. The molecule has 0 atom stereocenters. The Balaban J connectivity index is 1.73. The van der Waals surface area contributed by atoms with E-state index in [-0.39, 0.29) is 17.8 Å². The van der Waals surface area contributed by atoms with Crippen LogP contribution in [0.3, 0.4) is 0 Å². The number of halogens is 2. The van der Waals surface area contributed by atoms with Gasteiger partial charge in [-0.15, -0.1) is 5.10 Å². The van der Waals surface area contributed by atoms with Crippen LogP contribution in [0.25, 0.3) is 11.5 Å². The summed E-state index contributed by atoms with van der Waals surface area (Å²) in [5.41, 5.74) is 0.966. The van der Waals surface area contributed by atoms with Gasteiger partial charge in [-0.3, -0.25) is 10.1 Å². The summed E-state index contributed by atoms with van der Waals surface area (Å²) >= 11 is 12.0. The van der Waals surface area contributed by atoms with Crippen molar-refractivity contribution in [1.29, 1.82) is 0 Å². The fraction of sp³-hybridized carbons (Fsp3) is 0.118. The topological polar surface area (TPSA) is 77.2 Å². The summed E-state index contributed by atoms with van der Waals surface area (Å²) in [5, 5.41) is 11.1. The summed E-state index contributed by atoms with van der Waals surface area (Å²) in [7, 11) is 0. The minimum Gasteiger partial charge on any atom is -0.494 e. The Kier molecular flexibility index (Phi) is 5.21. The summed E-state index contributed by atoms with van der Waals surface area (Å²) in [6, 6.07) is 11.6. The van der Waals surface area contributed by atoms with Crippen LogP contribution in [-0.2, 0) is 0 Å². The lowest BCUT2D eigenvalue weighted by Gasteiger charge is -2.04. The van der Waals surface area contributed by atoms with Crippen molar-refractivity contribution in [3.63, 3.8) is 0 Å². The first-order chi connectivity index (χ1) is 12.1. The molecule has 0 spiro atoms. The standard InChI is InChI=1S/C17H13Cl2N3O3/c1-2-24-12-6-3-10(4-7-12)15(23)20-17-22-21-16(25-17)13-8-5-11(18)9-14(13)19/h3-9H,2H2,1H3,(H,20,22,23). The van der Waals surface area contributed by atoms with Gasteiger partial charge in [-0.05, 0) is 49.4 Å². The number of nitrogens with one attached hydrogen (secondary N) is 1. The zero-order valence-corrected chi connectivity index (χ0v) is 14.6. The Bertz CT molecular complexity index is 894. The monoisotopic (exact) mass is 377 g/mol. The molecular weight excluding hydrogens is 365 g/mol. The Morgan fingerprint density at radius 3 is 2.60 bits per heavy atom. The van der Waals surface area contributed by atoms with Crippen LogP contribution in [0.2, 0.25) is 10.0 Å². The fourth-order valence-corrected chi connectivity index (χ4v) is 2.57. The molecule has 0 radical (unpaired) electrons. The lowest BCUT2D eigenvalue weighted by atomic mass is 10.2. The molecule has 8 heteroatoms. The number of carbonyl (C=O) groups excluding carboxylic acids is 1. The van der Waals surface area contributed by atoms with Gasteiger partial charge in [0.05, 0.1) is 17.2 Å². The second-order valence-corrected chi connectivity index (χ2v) is 5.79. The Labute approximate surface area is 153 Å². The number of rotatable bonds is 5. The van der Waals surface area contributed by atoms with E-state index in [1.165, 1.54) is 0 Å². The van der Waals surface area contributed by atoms with Gasteiger partial charge >= 0.3 is 6.01 Å². The van der Waals surface area contributed by atoms with Crippen molar-refractivity contribution in [1.82, 2.24) is 10.2 Å². The highest BCUT2D eigenvalue weighted by molar-refractivity contribution is 6.36. The number of amides is 1. The van der Waals surface area contributed by atoms with Gasteiger partial charge in [0.15, 0.2) is 0 Å². The van der Waals surface area contributed by atoms with Crippen LogP contribution in [0.5, 0.6) is 5.75 Å². The van der Waals surface area contributed by atoms with Crippen LogP contribution in [0, 0.1) is 0 Å². The maximum atomic E-state index is 12.2. The van der Waals surface area contributed by atoms with Crippen molar-refractivity contribution in [2.45, 2.75) is 6.92 Å². The molecule has 1 amide bonds. The van der Waals surface area contributed by atoms with Crippen molar-refractivity contribution in [3.8, 4) is 17.2 Å². The maximum Gasteiger partial charge on any atom is 0.322 e. The zero-order chi connectivity index (χ0) is 17.8. The summed E-state index contributed by atoms with van der Waals surface area (Å²) in [5.74, 6) is 0.501. The minimum atomic E-state index is -0.375. The minimum absolute atomic E-state index is 0.0279. The van der Waals surface area contributed by atoms with E-state index in [4.69, 9.17) is 32.4 Å². The molecule has 2 aromatic carbocycles. The molecule has 1 N–H and O–H groups in total. The molecule has 3 rings (SSSR count). The maximum absolute atomic E-state index is 12.2. The molecule has 0 saturated carbocycles. The van der Waals surface area contributed by atoms with Crippen LogP contribution in [0.15, 0.2) is 46.9 Å². The third kappa shape index (κ3) is 4.10. The summed E-state index contributed by atoms with van der Waals surface area (Å²) in [6.45, 7) is 2.45. The smallest absolute Gasteiger partial charge is 0.322 e. The van der Waals surface area contributed by atoms with Crippen molar-refractivity contribution < 1.29 is 13.9 Å². The normalized spacial score (nSPS) is 10.5. The van der Waals surface area contributed by atoms with E-state index in [1.807, 2.05) is 6.92 Å². The van der Waals surface area contributed by atoms with Crippen molar-refractivity contribution >= 4 is 35.1 Å². The molecule has 128 valence electrons. The van der Waals surface area contributed by atoms with E-state index in [0.29, 0.717) is 33.5 Å². The molecule has 3 aromatic rings. The van der Waals surface area contributed by atoms with Crippen molar-refractivity contribution in [2.24, 2.45) is 0 Å². The van der Waals surface area contributed by atoms with Crippen LogP contribution >= 0.6 is 23.2 Å². The summed E-state index contributed by atoms with van der Waals surface area (Å²) in [4.78, 5) is 12.2. The van der Waals surface area contributed by atoms with E-state index in [1.54, 1.807) is 42.5 Å². The average molecular weight is 378 g/mol. The number of benzene rings is 2. The molecule has 0 aliphatic heterocycles. The first-order valence-corrected chi connectivity index (χ1v) is 8.15. The molecule has 1 heterocycles. The number of aromatic nitrogens is 2. The van der Waals surface area contributed by atoms with Gasteiger partial charge in [-0.2, -0.15) is 0 Å². The fourth-order valence-electron chi connectivity index (χ4n) is 2.08. The van der Waals surface area contributed by atoms with Crippen LogP contribution < -0.4 is 10.1 Å². The van der Waals surface area contributed by atoms with Crippen molar-refractivity contribution in [2.75, 3.05) is 11.9 Å². The van der Waals surface area contributed by atoms with Gasteiger partial charge in [-0.1, -0.05) is 28.3 Å². The predicted molar refractivity (Wildman–Crippen MR) is 95.3 cm³/mol. The highest BCUT2D eigenvalue weighted by atomic mass is 35.5. The highest BCUT2D eigenvalue weighted by Gasteiger charge is 2.15. The van der Waals surface area contributed by atoms with Gasteiger partial charge in [0.25, 0.3) is 11.8 Å². The number of nitrogens with zero attached hydrogens (tertiary/aromatic N) is 2. The Hall–Kier alpha value is -2.57. The number of hydrogen-bond donors (Lipinski definition) is 1. The Morgan fingerprint density at radius 2 is 1.92 bits per heavy atom. The average Bonchev–Trinajstić information content (AvgIpc) is 3.04. The molecule has 25 heavy (non-hydrogen) atoms. The Morgan fingerprint density at radius 1 is 1.16 bits per heavy atom. The van der Waals surface area contributed by atoms with Crippen LogP contribution in [0.4, 0.5) is 6.01 Å². The lowest BCUT2D eigenvalue weighted by Crippen LogP contribution is -2.12. The highest BCUT2D eigenvalue weighted by Crippen LogP contribution is 2.30. The van der Waals surface area contributed by atoms with E-state index < -0.39 is 0 Å². The quantitative estimate of drug-likeness (QED) is 0.697. The van der Waals surface area contributed by atoms with Gasteiger partial charge in [0, 0.05) is 10.6 Å². The first-order valence-electron chi connectivity index (χ1n) is 7.40. The van der Waals surface area contributed by atoms with Gasteiger partial charge in [-0.25, -0.2) is 0 Å². The number of carbonyl (C=O) groups is 1. The second kappa shape index (κ2) is 7.55. The van der Waals surface area contributed by atoms with E-state index in [9.17, 15) is 4.79 Å². The molecule has 6 nitrogen and oxygen atoms in total. The van der Waals surface area contributed by atoms with Crippen LogP contribution in [-0.4, -0.2) is 22.7 Å². The molecule has 0 bridgehead atoms. The lowest BCUT2D eigenvalue weighted by molar-refractivity contribution is 0.102. The second-order valence-electron chi connectivity index (χ2n) is 4.95. The first kappa shape index (κ1) is 17.3. The number of hydrogen-bond acceptors (Lipinski definition) is 5. The van der Waals surface area contributed by atoms with Gasteiger partial charge in [0.1, 0.15) is 5.75 Å². The largest absolute Gasteiger partial charge is 0.494 e.